The normalized spacial score (nSPS) is 12.4. The Hall–Kier alpha value is -2.34. The number of carbonyl (C=O) groups excluding carboxylic acids is 1. The number of hydrogen-bond donors (Lipinski definition) is 0. The smallest absolute Gasteiger partial charge is 0.150 e. The first-order valence-corrected chi connectivity index (χ1v) is 21.1. The molecular weight excluding hydrogens is 509 g/mol. The molecule has 0 aliphatic heterocycles. The fraction of sp³-hybridized carbons (Fsp3) is 0.552. The van der Waals surface area contributed by atoms with Gasteiger partial charge in [0.2, 0.25) is 0 Å². The lowest BCUT2D eigenvalue weighted by Crippen LogP contribution is -2.23. The molecule has 208 valence electrons. The van der Waals surface area contributed by atoms with Crippen molar-refractivity contribution in [2.24, 2.45) is 5.92 Å². The molecular formula is C29H46N4O3Si2. The van der Waals surface area contributed by atoms with E-state index in [-0.39, 0.29) is 5.92 Å². The average molecular weight is 555 g/mol. The lowest BCUT2D eigenvalue weighted by atomic mass is 9.92. The van der Waals surface area contributed by atoms with Crippen LogP contribution in [0.4, 0.5) is 0 Å². The van der Waals surface area contributed by atoms with Crippen LogP contribution in [0.25, 0.3) is 0 Å². The molecule has 7 nitrogen and oxygen atoms in total. The zero-order valence-corrected chi connectivity index (χ0v) is 26.2. The van der Waals surface area contributed by atoms with Crippen molar-refractivity contribution in [3.05, 3.63) is 71.8 Å². The summed E-state index contributed by atoms with van der Waals surface area (Å²) in [6, 6.07) is 10.2. The monoisotopic (exact) mass is 554 g/mol. The van der Waals surface area contributed by atoms with E-state index in [4.69, 9.17) is 9.47 Å². The van der Waals surface area contributed by atoms with E-state index in [0.29, 0.717) is 19.0 Å². The molecule has 2 heterocycles. The molecule has 0 unspecified atom stereocenters. The van der Waals surface area contributed by atoms with Gasteiger partial charge < -0.3 is 18.6 Å². The summed E-state index contributed by atoms with van der Waals surface area (Å²) in [5.41, 5.74) is 1.90. The lowest BCUT2D eigenvalue weighted by Gasteiger charge is -2.20. The Bertz CT molecular complexity index is 1050. The third-order valence-corrected chi connectivity index (χ3v) is 10.0. The number of aromatic nitrogens is 4. The van der Waals surface area contributed by atoms with E-state index in [0.717, 1.165) is 62.5 Å². The third-order valence-electron chi connectivity index (χ3n) is 6.64. The molecule has 0 bridgehead atoms. The standard InChI is InChI=1S/C29H46N4O3Si2/c1-37(2,3)17-15-35-23-32-13-11-30-28(32)20-27(19-25-7-9-26(22-34)10-8-25)21-29-31-12-14-33(29)24-36-16-18-38(4,5)6/h7-14,22,27H,15-21,23-24H2,1-6H3. The topological polar surface area (TPSA) is 71.2 Å². The van der Waals surface area contributed by atoms with Crippen molar-refractivity contribution in [2.75, 3.05) is 13.2 Å². The van der Waals surface area contributed by atoms with E-state index in [2.05, 4.69) is 70.5 Å². The number of rotatable bonds is 17. The number of carbonyl (C=O) groups is 1. The highest BCUT2D eigenvalue weighted by Gasteiger charge is 2.19. The highest BCUT2D eigenvalue weighted by atomic mass is 28.3. The van der Waals surface area contributed by atoms with Crippen LogP contribution < -0.4 is 0 Å². The predicted octanol–water partition coefficient (Wildman–Crippen LogP) is 6.16. The predicted molar refractivity (Wildman–Crippen MR) is 159 cm³/mol. The van der Waals surface area contributed by atoms with Gasteiger partial charge in [0.15, 0.2) is 0 Å². The minimum absolute atomic E-state index is 0.281. The Morgan fingerprint density at radius 3 is 1.66 bits per heavy atom. The number of aldehydes is 1. The molecule has 0 radical (unpaired) electrons. The van der Waals surface area contributed by atoms with E-state index < -0.39 is 16.1 Å². The first kappa shape index (κ1) is 30.2. The molecule has 3 aromatic rings. The largest absolute Gasteiger partial charge is 0.361 e. The molecule has 9 heteroatoms. The Morgan fingerprint density at radius 1 is 0.763 bits per heavy atom. The van der Waals surface area contributed by atoms with Crippen LogP contribution in [-0.4, -0.2) is 54.7 Å². The quantitative estimate of drug-likeness (QED) is 0.114. The maximum absolute atomic E-state index is 11.1. The number of benzene rings is 1. The first-order chi connectivity index (χ1) is 18.0. The fourth-order valence-corrected chi connectivity index (χ4v) is 5.69. The van der Waals surface area contributed by atoms with Gasteiger partial charge in [0.05, 0.1) is 0 Å². The van der Waals surface area contributed by atoms with Gasteiger partial charge in [-0.3, -0.25) is 4.79 Å². The zero-order chi connectivity index (χ0) is 27.6. The van der Waals surface area contributed by atoms with Crippen LogP contribution in [0.3, 0.4) is 0 Å². The first-order valence-electron chi connectivity index (χ1n) is 13.7. The van der Waals surface area contributed by atoms with Crippen molar-refractivity contribution < 1.29 is 14.3 Å². The minimum atomic E-state index is -1.12. The fourth-order valence-electron chi connectivity index (χ4n) is 4.18. The van der Waals surface area contributed by atoms with E-state index >= 15 is 0 Å². The van der Waals surface area contributed by atoms with Crippen molar-refractivity contribution in [1.29, 1.82) is 0 Å². The molecule has 3 rings (SSSR count). The summed E-state index contributed by atoms with van der Waals surface area (Å²) in [7, 11) is -2.24. The Kier molecular flexibility index (Phi) is 11.3. The molecule has 0 aliphatic rings. The number of imidazole rings is 2. The van der Waals surface area contributed by atoms with Gasteiger partial charge in [-0.15, -0.1) is 0 Å². The Labute approximate surface area is 230 Å². The van der Waals surface area contributed by atoms with E-state index in [9.17, 15) is 4.79 Å². The maximum Gasteiger partial charge on any atom is 0.150 e. The molecule has 0 aliphatic carbocycles. The molecule has 0 saturated carbocycles. The molecule has 0 fully saturated rings. The summed E-state index contributed by atoms with van der Waals surface area (Å²) in [4.78, 5) is 20.5. The number of nitrogens with zero attached hydrogens (tertiary/aromatic N) is 4. The van der Waals surface area contributed by atoms with E-state index in [1.54, 1.807) is 0 Å². The summed E-state index contributed by atoms with van der Waals surface area (Å²) in [6.45, 7) is 16.8. The van der Waals surface area contributed by atoms with Gasteiger partial charge in [-0.25, -0.2) is 9.97 Å². The SMILES string of the molecule is C[Si](C)(C)CCOCn1ccnc1CC(Cc1ccc(C=O)cc1)Cc1nccn1COCC[Si](C)(C)C. The highest BCUT2D eigenvalue weighted by molar-refractivity contribution is 6.76. The summed E-state index contributed by atoms with van der Waals surface area (Å²) in [5, 5.41) is 0. The zero-order valence-electron chi connectivity index (χ0n) is 24.2. The van der Waals surface area contributed by atoms with Gasteiger partial charge in [-0.2, -0.15) is 0 Å². The molecule has 0 spiro atoms. The van der Waals surface area contributed by atoms with Crippen LogP contribution >= 0.6 is 0 Å². The molecule has 38 heavy (non-hydrogen) atoms. The van der Waals surface area contributed by atoms with Crippen molar-refractivity contribution in [3.8, 4) is 0 Å². The van der Waals surface area contributed by atoms with Gasteiger partial charge in [-0.1, -0.05) is 63.5 Å². The van der Waals surface area contributed by atoms with Crippen LogP contribution in [0.15, 0.2) is 49.1 Å². The van der Waals surface area contributed by atoms with Crippen molar-refractivity contribution in [1.82, 2.24) is 19.1 Å². The Morgan fingerprint density at radius 2 is 1.24 bits per heavy atom. The minimum Gasteiger partial charge on any atom is -0.361 e. The summed E-state index contributed by atoms with van der Waals surface area (Å²) in [5.74, 6) is 2.33. The molecule has 2 aromatic heterocycles. The van der Waals surface area contributed by atoms with Crippen molar-refractivity contribution in [3.63, 3.8) is 0 Å². The second-order valence-corrected chi connectivity index (χ2v) is 23.9. The molecule has 0 atom stereocenters. The van der Waals surface area contributed by atoms with E-state index in [1.807, 2.05) is 36.9 Å². The van der Waals surface area contributed by atoms with Crippen LogP contribution in [0.2, 0.25) is 51.4 Å². The molecule has 0 saturated heterocycles. The lowest BCUT2D eigenvalue weighted by molar-refractivity contribution is 0.0836. The van der Waals surface area contributed by atoms with Gasteiger partial charge >= 0.3 is 0 Å². The van der Waals surface area contributed by atoms with Crippen molar-refractivity contribution in [2.45, 2.75) is 84.1 Å². The molecule has 1 aromatic carbocycles. The second kappa shape index (κ2) is 14.2. The second-order valence-electron chi connectivity index (χ2n) is 12.7. The molecule has 0 amide bonds. The van der Waals surface area contributed by atoms with Crippen LogP contribution in [0.5, 0.6) is 0 Å². The summed E-state index contributed by atoms with van der Waals surface area (Å²) in [6.07, 6.45) is 11.1. The highest BCUT2D eigenvalue weighted by Crippen LogP contribution is 2.20. The average Bonchev–Trinajstić information content (AvgIpc) is 3.48. The third kappa shape index (κ3) is 10.8. The number of ether oxygens (including phenoxy) is 2. The van der Waals surface area contributed by atoms with Gasteiger partial charge in [-0.05, 0) is 30.0 Å². The van der Waals surface area contributed by atoms with Gasteiger partial charge in [0.25, 0.3) is 0 Å². The van der Waals surface area contributed by atoms with Gasteiger partial charge in [0, 0.05) is 72.6 Å². The van der Waals surface area contributed by atoms with Crippen LogP contribution in [-0.2, 0) is 42.2 Å². The Balaban J connectivity index is 1.69. The molecule has 0 N–H and O–H groups in total. The number of hydrogen-bond acceptors (Lipinski definition) is 5. The maximum atomic E-state index is 11.1. The summed E-state index contributed by atoms with van der Waals surface area (Å²) < 4.78 is 16.3. The van der Waals surface area contributed by atoms with Crippen molar-refractivity contribution >= 4 is 22.4 Å². The van der Waals surface area contributed by atoms with Crippen LogP contribution in [0.1, 0.15) is 27.6 Å². The van der Waals surface area contributed by atoms with E-state index in [1.165, 1.54) is 5.56 Å². The summed E-state index contributed by atoms with van der Waals surface area (Å²) >= 11 is 0. The van der Waals surface area contributed by atoms with Crippen LogP contribution in [0, 0.1) is 5.92 Å². The van der Waals surface area contributed by atoms with Gasteiger partial charge in [0.1, 0.15) is 31.4 Å².